The van der Waals surface area contributed by atoms with Gasteiger partial charge in [-0.3, -0.25) is 0 Å². The summed E-state index contributed by atoms with van der Waals surface area (Å²) in [5.74, 6) is -1.44. The van der Waals surface area contributed by atoms with Gasteiger partial charge in [-0.1, -0.05) is 66.7 Å². The lowest BCUT2D eigenvalue weighted by molar-refractivity contribution is -0.137. The zero-order chi connectivity index (χ0) is 22.7. The first kappa shape index (κ1) is 21.2. The SMILES string of the molecule is O=C(O)c1cc(-c2ccccc2)cc(C(F)(F)F)c1N(c1ccccc1)c1ccccc1. The number of benzene rings is 4. The second-order valence-corrected chi connectivity index (χ2v) is 7.10. The van der Waals surface area contributed by atoms with Gasteiger partial charge in [0.1, 0.15) is 0 Å². The van der Waals surface area contributed by atoms with Crippen LogP contribution < -0.4 is 4.90 Å². The smallest absolute Gasteiger partial charge is 0.418 e. The van der Waals surface area contributed by atoms with E-state index in [-0.39, 0.29) is 5.56 Å². The van der Waals surface area contributed by atoms with Crippen molar-refractivity contribution in [3.63, 3.8) is 0 Å². The topological polar surface area (TPSA) is 40.5 Å². The third-order valence-corrected chi connectivity index (χ3v) is 5.01. The van der Waals surface area contributed by atoms with Crippen molar-refractivity contribution < 1.29 is 23.1 Å². The zero-order valence-corrected chi connectivity index (χ0v) is 16.8. The summed E-state index contributed by atoms with van der Waals surface area (Å²) in [6, 6.07) is 27.5. The molecule has 0 amide bonds. The van der Waals surface area contributed by atoms with E-state index >= 15 is 0 Å². The van der Waals surface area contributed by atoms with Crippen LogP contribution in [0.25, 0.3) is 11.1 Å². The molecule has 0 spiro atoms. The van der Waals surface area contributed by atoms with Gasteiger partial charge in [-0.05, 0) is 47.5 Å². The van der Waals surface area contributed by atoms with E-state index in [0.717, 1.165) is 6.07 Å². The van der Waals surface area contributed by atoms with Crippen molar-refractivity contribution in [2.75, 3.05) is 4.90 Å². The number of carboxylic acids is 1. The molecule has 0 fully saturated rings. The quantitative estimate of drug-likeness (QED) is 0.353. The molecular formula is C26H18F3NO2. The van der Waals surface area contributed by atoms with Gasteiger partial charge in [0.25, 0.3) is 0 Å². The number of hydrogen-bond donors (Lipinski definition) is 1. The van der Waals surface area contributed by atoms with E-state index in [1.54, 1.807) is 91.0 Å². The number of aromatic carboxylic acids is 1. The Bertz CT molecular complexity index is 1190. The molecule has 0 saturated heterocycles. The number of halogens is 3. The minimum Gasteiger partial charge on any atom is -0.478 e. The monoisotopic (exact) mass is 433 g/mol. The van der Waals surface area contributed by atoms with Gasteiger partial charge in [0.05, 0.1) is 16.8 Å². The number of anilines is 3. The summed E-state index contributed by atoms with van der Waals surface area (Å²) < 4.78 is 43.1. The fraction of sp³-hybridized carbons (Fsp3) is 0.0385. The van der Waals surface area contributed by atoms with E-state index < -0.39 is 29.0 Å². The molecule has 0 unspecified atom stereocenters. The molecule has 0 atom stereocenters. The van der Waals surface area contributed by atoms with Crippen molar-refractivity contribution in [1.29, 1.82) is 0 Å². The fourth-order valence-electron chi connectivity index (χ4n) is 3.61. The first-order valence-corrected chi connectivity index (χ1v) is 9.80. The Morgan fingerprint density at radius 3 is 1.59 bits per heavy atom. The third-order valence-electron chi connectivity index (χ3n) is 5.01. The number of carbonyl (C=O) groups is 1. The summed E-state index contributed by atoms with van der Waals surface area (Å²) in [6.45, 7) is 0. The third kappa shape index (κ3) is 4.21. The van der Waals surface area contributed by atoms with Crippen molar-refractivity contribution in [2.24, 2.45) is 0 Å². The average molecular weight is 433 g/mol. The molecule has 4 aromatic rings. The Hall–Kier alpha value is -4.06. The molecule has 1 N–H and O–H groups in total. The van der Waals surface area contributed by atoms with Crippen LogP contribution in [-0.4, -0.2) is 11.1 Å². The maximum Gasteiger partial charge on any atom is 0.418 e. The van der Waals surface area contributed by atoms with Crippen molar-refractivity contribution in [3.05, 3.63) is 114 Å². The summed E-state index contributed by atoms with van der Waals surface area (Å²) in [6.07, 6.45) is -4.79. The van der Waals surface area contributed by atoms with Crippen molar-refractivity contribution >= 4 is 23.0 Å². The van der Waals surface area contributed by atoms with Gasteiger partial charge in [0.15, 0.2) is 0 Å². The molecule has 160 valence electrons. The van der Waals surface area contributed by atoms with Gasteiger partial charge >= 0.3 is 12.1 Å². The van der Waals surface area contributed by atoms with Crippen LogP contribution in [0.15, 0.2) is 103 Å². The van der Waals surface area contributed by atoms with Crippen LogP contribution in [-0.2, 0) is 6.18 Å². The summed E-state index contributed by atoms with van der Waals surface area (Å²) >= 11 is 0. The van der Waals surface area contributed by atoms with Crippen LogP contribution >= 0.6 is 0 Å². The van der Waals surface area contributed by atoms with E-state index in [1.807, 2.05) is 0 Å². The average Bonchev–Trinajstić information content (AvgIpc) is 2.80. The number of rotatable bonds is 5. The van der Waals surface area contributed by atoms with Crippen LogP contribution in [0.3, 0.4) is 0 Å². The summed E-state index contributed by atoms with van der Waals surface area (Å²) in [4.78, 5) is 13.6. The molecule has 4 aromatic carbocycles. The Balaban J connectivity index is 2.08. The zero-order valence-electron chi connectivity index (χ0n) is 16.8. The predicted octanol–water partition coefficient (Wildman–Crippen LogP) is 7.54. The lowest BCUT2D eigenvalue weighted by Gasteiger charge is -2.30. The number of hydrogen-bond acceptors (Lipinski definition) is 2. The molecule has 6 heteroatoms. The van der Waals surface area contributed by atoms with Crippen molar-refractivity contribution in [3.8, 4) is 11.1 Å². The number of para-hydroxylation sites is 2. The van der Waals surface area contributed by atoms with E-state index in [2.05, 4.69) is 0 Å². The Labute approximate surface area is 183 Å². The van der Waals surface area contributed by atoms with Crippen LogP contribution in [0.4, 0.5) is 30.2 Å². The minimum absolute atomic E-state index is 0.181. The maximum absolute atomic E-state index is 14.4. The molecule has 0 radical (unpaired) electrons. The lowest BCUT2D eigenvalue weighted by Crippen LogP contribution is -2.20. The molecule has 0 aliphatic rings. The summed E-state index contributed by atoms with van der Waals surface area (Å²) in [5, 5.41) is 9.98. The van der Waals surface area contributed by atoms with E-state index in [9.17, 15) is 23.1 Å². The normalized spacial score (nSPS) is 11.2. The van der Waals surface area contributed by atoms with Gasteiger partial charge in [-0.25, -0.2) is 4.79 Å². The highest BCUT2D eigenvalue weighted by Gasteiger charge is 2.39. The molecule has 0 saturated carbocycles. The fourth-order valence-corrected chi connectivity index (χ4v) is 3.61. The standard InChI is InChI=1S/C26H18F3NO2/c27-26(28,29)23-17-19(18-10-4-1-5-11-18)16-22(25(31)32)24(23)30(20-12-6-2-7-13-20)21-14-8-3-9-15-21/h1-17H,(H,31,32). The highest BCUT2D eigenvalue weighted by molar-refractivity contribution is 6.00. The maximum atomic E-state index is 14.4. The molecule has 0 heterocycles. The Morgan fingerprint density at radius 2 is 1.16 bits per heavy atom. The first-order chi connectivity index (χ1) is 15.4. The highest BCUT2D eigenvalue weighted by Crippen LogP contribution is 2.46. The summed E-state index contributed by atoms with van der Waals surface area (Å²) in [5.41, 5.74) is -0.381. The molecule has 0 aromatic heterocycles. The Kier molecular flexibility index (Phi) is 5.69. The van der Waals surface area contributed by atoms with Gasteiger partial charge in [-0.2, -0.15) is 13.2 Å². The highest BCUT2D eigenvalue weighted by atomic mass is 19.4. The molecule has 0 aliphatic heterocycles. The Morgan fingerprint density at radius 1 is 0.688 bits per heavy atom. The van der Waals surface area contributed by atoms with Crippen LogP contribution in [0.5, 0.6) is 0 Å². The van der Waals surface area contributed by atoms with Gasteiger partial charge in [-0.15, -0.1) is 0 Å². The summed E-state index contributed by atoms with van der Waals surface area (Å²) in [7, 11) is 0. The van der Waals surface area contributed by atoms with Gasteiger partial charge in [0.2, 0.25) is 0 Å². The minimum atomic E-state index is -4.79. The van der Waals surface area contributed by atoms with E-state index in [4.69, 9.17) is 0 Å². The van der Waals surface area contributed by atoms with Crippen LogP contribution in [0, 0.1) is 0 Å². The largest absolute Gasteiger partial charge is 0.478 e. The second-order valence-electron chi connectivity index (χ2n) is 7.10. The van der Waals surface area contributed by atoms with Crippen LogP contribution in [0.2, 0.25) is 0 Å². The number of carboxylic acid groups (broad SMARTS) is 1. The van der Waals surface area contributed by atoms with E-state index in [0.29, 0.717) is 16.9 Å². The molecule has 0 aliphatic carbocycles. The lowest BCUT2D eigenvalue weighted by atomic mass is 9.95. The predicted molar refractivity (Wildman–Crippen MR) is 119 cm³/mol. The number of nitrogens with zero attached hydrogens (tertiary/aromatic N) is 1. The second kappa shape index (κ2) is 8.59. The molecule has 4 rings (SSSR count). The molecule has 3 nitrogen and oxygen atoms in total. The van der Waals surface area contributed by atoms with Crippen molar-refractivity contribution in [1.82, 2.24) is 0 Å². The molecule has 0 bridgehead atoms. The first-order valence-electron chi connectivity index (χ1n) is 9.80. The number of alkyl halides is 3. The molecular weight excluding hydrogens is 415 g/mol. The van der Waals surface area contributed by atoms with Crippen molar-refractivity contribution in [2.45, 2.75) is 6.18 Å². The van der Waals surface area contributed by atoms with E-state index in [1.165, 1.54) is 11.0 Å². The van der Waals surface area contributed by atoms with Gasteiger partial charge < -0.3 is 10.0 Å². The molecule has 32 heavy (non-hydrogen) atoms. The van der Waals surface area contributed by atoms with Crippen LogP contribution in [0.1, 0.15) is 15.9 Å². The van der Waals surface area contributed by atoms with Gasteiger partial charge in [0, 0.05) is 11.4 Å².